The van der Waals surface area contributed by atoms with E-state index in [2.05, 4.69) is 0 Å². The molecule has 2 radical (unpaired) electrons. The van der Waals surface area contributed by atoms with Crippen molar-refractivity contribution in [2.24, 2.45) is 17.8 Å². The number of hydrogen-bond acceptors (Lipinski definition) is 2. The van der Waals surface area contributed by atoms with Crippen LogP contribution in [0.2, 0.25) is 0 Å². The van der Waals surface area contributed by atoms with E-state index in [1.54, 1.807) is 0 Å². The number of carboxylic acid groups (broad SMARTS) is 1. The van der Waals surface area contributed by atoms with E-state index >= 15 is 0 Å². The maximum Gasteiger partial charge on any atom is 0.307 e. The molecule has 1 aromatic rings. The van der Waals surface area contributed by atoms with Gasteiger partial charge in [0.05, 0.1) is 5.92 Å². The average Bonchev–Trinajstić information content (AvgIpc) is 2.99. The molecule has 1 N–H and O–H groups in total. The molecule has 0 spiro atoms. The Kier molecular flexibility index (Phi) is 7.58. The van der Waals surface area contributed by atoms with Crippen molar-refractivity contribution in [2.45, 2.75) is 38.5 Å². The molecule has 0 aromatic heterocycles. The van der Waals surface area contributed by atoms with Gasteiger partial charge in [0.1, 0.15) is 0 Å². The fourth-order valence-electron chi connectivity index (χ4n) is 4.09. The molecule has 1 saturated carbocycles. The zero-order chi connectivity index (χ0) is 16.2. The summed E-state index contributed by atoms with van der Waals surface area (Å²) in [5.41, 5.74) is 0.975. The SMILES string of the molecule is O=C(O)C(CC(=O)N1CC2CCCCC2C1)Cc1ccccc1.[Ca]. The van der Waals surface area contributed by atoms with Crippen LogP contribution in [0.4, 0.5) is 0 Å². The van der Waals surface area contributed by atoms with Crippen LogP contribution < -0.4 is 0 Å². The third-order valence-corrected chi connectivity index (χ3v) is 5.42. The van der Waals surface area contributed by atoms with Gasteiger partial charge in [0.2, 0.25) is 5.91 Å². The van der Waals surface area contributed by atoms with Crippen molar-refractivity contribution in [1.29, 1.82) is 0 Å². The number of carbonyl (C=O) groups excluding carboxylic acids is 1. The normalized spacial score (nSPS) is 23.9. The van der Waals surface area contributed by atoms with Gasteiger partial charge in [-0.1, -0.05) is 43.2 Å². The minimum atomic E-state index is -0.876. The molecule has 1 aliphatic carbocycles. The van der Waals surface area contributed by atoms with Crippen molar-refractivity contribution in [3.8, 4) is 0 Å². The van der Waals surface area contributed by atoms with Gasteiger partial charge in [0, 0.05) is 57.2 Å². The number of fused-ring (bicyclic) bond motifs is 1. The van der Waals surface area contributed by atoms with Gasteiger partial charge in [-0.25, -0.2) is 0 Å². The van der Waals surface area contributed by atoms with E-state index in [1.807, 2.05) is 35.2 Å². The summed E-state index contributed by atoms with van der Waals surface area (Å²) < 4.78 is 0. The molecule has 1 saturated heterocycles. The number of benzene rings is 1. The van der Waals surface area contributed by atoms with E-state index in [4.69, 9.17) is 0 Å². The molecule has 0 bridgehead atoms. The topological polar surface area (TPSA) is 57.6 Å². The number of likely N-dealkylation sites (tertiary alicyclic amines) is 1. The largest absolute Gasteiger partial charge is 0.481 e. The number of aliphatic carboxylic acids is 1. The maximum absolute atomic E-state index is 12.6. The third-order valence-electron chi connectivity index (χ3n) is 5.42. The Morgan fingerprint density at radius 2 is 1.67 bits per heavy atom. The van der Waals surface area contributed by atoms with Crippen molar-refractivity contribution >= 4 is 49.6 Å². The van der Waals surface area contributed by atoms with Crippen molar-refractivity contribution in [1.82, 2.24) is 4.90 Å². The second kappa shape index (κ2) is 9.21. The van der Waals surface area contributed by atoms with Gasteiger partial charge in [0.15, 0.2) is 0 Å². The van der Waals surface area contributed by atoms with Gasteiger partial charge < -0.3 is 10.0 Å². The summed E-state index contributed by atoms with van der Waals surface area (Å²) in [6, 6.07) is 9.56. The molecule has 4 nitrogen and oxygen atoms in total. The second-order valence-corrected chi connectivity index (χ2v) is 7.03. The molecular formula is C19H25CaNO3. The summed E-state index contributed by atoms with van der Waals surface area (Å²) in [6.45, 7) is 1.67. The first-order valence-corrected chi connectivity index (χ1v) is 8.68. The van der Waals surface area contributed by atoms with Crippen molar-refractivity contribution in [3.63, 3.8) is 0 Å². The van der Waals surface area contributed by atoms with Crippen molar-refractivity contribution in [2.75, 3.05) is 13.1 Å². The molecule has 1 aliphatic heterocycles. The van der Waals surface area contributed by atoms with E-state index in [-0.39, 0.29) is 50.1 Å². The fourth-order valence-corrected chi connectivity index (χ4v) is 4.09. The standard InChI is InChI=1S/C19H25NO3.Ca/c21-18(20-12-15-8-4-5-9-16(15)13-20)11-17(19(22)23)10-14-6-2-1-3-7-14;/h1-3,6-7,15-17H,4-5,8-13H2,(H,22,23);. The Labute approximate surface area is 173 Å². The smallest absolute Gasteiger partial charge is 0.307 e. The number of carbonyl (C=O) groups is 2. The predicted molar refractivity (Wildman–Crippen MR) is 93.7 cm³/mol. The van der Waals surface area contributed by atoms with Crippen molar-refractivity contribution in [3.05, 3.63) is 35.9 Å². The van der Waals surface area contributed by atoms with Gasteiger partial charge in [-0.15, -0.1) is 0 Å². The van der Waals surface area contributed by atoms with Gasteiger partial charge in [-0.2, -0.15) is 0 Å². The fraction of sp³-hybridized carbons (Fsp3) is 0.579. The van der Waals surface area contributed by atoms with Crippen LogP contribution in [0.3, 0.4) is 0 Å². The Morgan fingerprint density at radius 3 is 2.21 bits per heavy atom. The molecule has 1 aromatic carbocycles. The summed E-state index contributed by atoms with van der Waals surface area (Å²) in [7, 11) is 0. The summed E-state index contributed by atoms with van der Waals surface area (Å²) in [4.78, 5) is 26.0. The number of amides is 1. The van der Waals surface area contributed by atoms with Crippen LogP contribution in [0.5, 0.6) is 0 Å². The van der Waals surface area contributed by atoms with E-state index in [0.29, 0.717) is 18.3 Å². The quantitative estimate of drug-likeness (QED) is 0.826. The van der Waals surface area contributed by atoms with Crippen LogP contribution in [0, 0.1) is 17.8 Å². The van der Waals surface area contributed by atoms with Crippen molar-refractivity contribution < 1.29 is 14.7 Å². The minimum absolute atomic E-state index is 0. The first-order chi connectivity index (χ1) is 11.1. The van der Waals surface area contributed by atoms with Gasteiger partial charge in [-0.05, 0) is 36.7 Å². The molecule has 3 atom stereocenters. The Morgan fingerprint density at radius 1 is 1.08 bits per heavy atom. The summed E-state index contributed by atoms with van der Waals surface area (Å²) >= 11 is 0. The van der Waals surface area contributed by atoms with Crippen LogP contribution in [0.25, 0.3) is 0 Å². The number of hydrogen-bond donors (Lipinski definition) is 1. The molecule has 5 heteroatoms. The Bertz CT molecular complexity index is 549. The molecule has 24 heavy (non-hydrogen) atoms. The van der Waals surface area contributed by atoms with E-state index in [0.717, 1.165) is 18.7 Å². The van der Waals surface area contributed by atoms with Gasteiger partial charge in [-0.3, -0.25) is 9.59 Å². The zero-order valence-electron chi connectivity index (χ0n) is 14.2. The summed E-state index contributed by atoms with van der Waals surface area (Å²) in [5.74, 6) is -0.204. The molecule has 2 aliphatic rings. The first kappa shape index (κ1) is 19.7. The molecule has 3 rings (SSSR count). The minimum Gasteiger partial charge on any atom is -0.481 e. The number of carboxylic acids is 1. The maximum atomic E-state index is 12.6. The van der Waals surface area contributed by atoms with Gasteiger partial charge >= 0.3 is 5.97 Å². The van der Waals surface area contributed by atoms with E-state index in [1.165, 1.54) is 25.7 Å². The van der Waals surface area contributed by atoms with Gasteiger partial charge in [0.25, 0.3) is 0 Å². The summed E-state index contributed by atoms with van der Waals surface area (Å²) in [6.07, 6.45) is 5.53. The molecule has 2 fully saturated rings. The van der Waals surface area contributed by atoms with Crippen LogP contribution in [0.1, 0.15) is 37.7 Å². The zero-order valence-corrected chi connectivity index (χ0v) is 16.4. The Hall–Kier alpha value is -0.580. The third kappa shape index (κ3) is 4.96. The first-order valence-electron chi connectivity index (χ1n) is 8.68. The van der Waals surface area contributed by atoms with E-state index < -0.39 is 11.9 Å². The average molecular weight is 355 g/mol. The molecule has 1 heterocycles. The van der Waals surface area contributed by atoms with Crippen LogP contribution in [-0.2, 0) is 16.0 Å². The predicted octanol–water partition coefficient (Wildman–Crippen LogP) is 2.59. The van der Waals surface area contributed by atoms with Crippen LogP contribution in [0.15, 0.2) is 30.3 Å². The number of nitrogens with zero attached hydrogens (tertiary/aromatic N) is 1. The van der Waals surface area contributed by atoms with Crippen LogP contribution >= 0.6 is 0 Å². The van der Waals surface area contributed by atoms with Crippen LogP contribution in [-0.4, -0.2) is 72.7 Å². The second-order valence-electron chi connectivity index (χ2n) is 7.03. The molecular weight excluding hydrogens is 330 g/mol. The Balaban J connectivity index is 0.00000208. The molecule has 3 unspecified atom stereocenters. The molecule has 126 valence electrons. The van der Waals surface area contributed by atoms with E-state index in [9.17, 15) is 14.7 Å². The monoisotopic (exact) mass is 355 g/mol. The molecule has 1 amide bonds. The summed E-state index contributed by atoms with van der Waals surface area (Å²) in [5, 5.41) is 9.46. The number of rotatable bonds is 5.